The minimum atomic E-state index is -3.82. The number of benzene rings is 1. The fraction of sp³-hybridized carbons (Fsp3) is 0.483. The number of allylic oxidation sites excluding steroid dienone is 1. The van der Waals surface area contributed by atoms with Gasteiger partial charge in [-0.3, -0.25) is 4.98 Å². The summed E-state index contributed by atoms with van der Waals surface area (Å²) >= 11 is 0. The monoisotopic (exact) mass is 521 g/mol. The Balaban J connectivity index is 1.61. The smallest absolute Gasteiger partial charge is 0.424 e. The molecule has 4 rings (SSSR count). The Kier molecular flexibility index (Phi) is 7.48. The van der Waals surface area contributed by atoms with Gasteiger partial charge >= 0.3 is 6.09 Å². The first-order valence-electron chi connectivity index (χ1n) is 12.9. The van der Waals surface area contributed by atoms with Crippen LogP contribution in [0.1, 0.15) is 65.1 Å². The van der Waals surface area contributed by atoms with Gasteiger partial charge in [0.2, 0.25) is 10.0 Å². The lowest BCUT2D eigenvalue weighted by atomic mass is 9.68. The van der Waals surface area contributed by atoms with E-state index < -0.39 is 33.0 Å². The van der Waals surface area contributed by atoms with Gasteiger partial charge in [0.05, 0.1) is 28.6 Å². The van der Waals surface area contributed by atoms with Gasteiger partial charge in [-0.15, -0.1) is 0 Å². The predicted molar refractivity (Wildman–Crippen MR) is 144 cm³/mol. The van der Waals surface area contributed by atoms with Crippen LogP contribution >= 0.6 is 0 Å². The number of hydrogen-bond donors (Lipinski definition) is 0. The largest absolute Gasteiger partial charge is 0.443 e. The van der Waals surface area contributed by atoms with Crippen LogP contribution in [0.25, 0.3) is 17.2 Å². The van der Waals surface area contributed by atoms with Crippen molar-refractivity contribution >= 4 is 22.2 Å². The number of carbonyl (C=O) groups is 1. The topological polar surface area (TPSA) is 100 Å². The number of aromatic nitrogens is 1. The molecule has 1 aromatic heterocycles. The van der Waals surface area contributed by atoms with Crippen LogP contribution in [0.4, 0.5) is 4.79 Å². The number of rotatable bonds is 4. The Labute approximate surface area is 220 Å². The molecule has 196 valence electrons. The van der Waals surface area contributed by atoms with E-state index in [9.17, 15) is 18.5 Å². The third-order valence-corrected chi connectivity index (χ3v) is 9.90. The fourth-order valence-electron chi connectivity index (χ4n) is 5.88. The van der Waals surface area contributed by atoms with Gasteiger partial charge in [-0.1, -0.05) is 43.7 Å². The third kappa shape index (κ3) is 5.28. The molecule has 0 N–H and O–H groups in total. The fourth-order valence-corrected chi connectivity index (χ4v) is 8.26. The highest BCUT2D eigenvalue weighted by Gasteiger charge is 2.58. The maximum absolute atomic E-state index is 13.5. The highest BCUT2D eigenvalue weighted by Crippen LogP contribution is 2.49. The summed E-state index contributed by atoms with van der Waals surface area (Å²) in [4.78, 5) is 17.5. The molecule has 7 nitrogen and oxygen atoms in total. The molecule has 1 saturated carbocycles. The van der Waals surface area contributed by atoms with Crippen molar-refractivity contribution in [1.82, 2.24) is 9.29 Å². The van der Waals surface area contributed by atoms with Gasteiger partial charge in [0.1, 0.15) is 5.60 Å². The molecule has 8 heteroatoms. The summed E-state index contributed by atoms with van der Waals surface area (Å²) in [6.45, 7) is 9.17. The zero-order valence-corrected chi connectivity index (χ0v) is 22.9. The van der Waals surface area contributed by atoms with Crippen LogP contribution in [0, 0.1) is 29.1 Å². The lowest BCUT2D eigenvalue weighted by Gasteiger charge is -2.38. The Morgan fingerprint density at radius 2 is 1.95 bits per heavy atom. The number of ether oxygens (including phenoxy) is 1. The molecule has 2 fully saturated rings. The molecule has 0 radical (unpaired) electrons. The second-order valence-corrected chi connectivity index (χ2v) is 13.0. The molecule has 2 aliphatic rings. The van der Waals surface area contributed by atoms with E-state index in [1.807, 2.05) is 43.3 Å². The molecule has 1 amide bonds. The average molecular weight is 522 g/mol. The first kappa shape index (κ1) is 26.9. The average Bonchev–Trinajstić information content (AvgIpc) is 3.06. The van der Waals surface area contributed by atoms with Crippen molar-refractivity contribution in [3.8, 4) is 17.2 Å². The summed E-state index contributed by atoms with van der Waals surface area (Å²) in [5, 5.41) is 8.79. The molecule has 0 spiro atoms. The molecule has 1 aromatic carbocycles. The van der Waals surface area contributed by atoms with E-state index in [0.29, 0.717) is 17.9 Å². The van der Waals surface area contributed by atoms with Crippen LogP contribution in [0.5, 0.6) is 0 Å². The number of carbonyl (C=O) groups excluding carboxylic acids is 1. The van der Waals surface area contributed by atoms with Crippen LogP contribution in [-0.4, -0.2) is 40.7 Å². The molecule has 0 unspecified atom stereocenters. The highest BCUT2D eigenvalue weighted by atomic mass is 32.2. The summed E-state index contributed by atoms with van der Waals surface area (Å²) < 4.78 is 33.4. The van der Waals surface area contributed by atoms with Crippen molar-refractivity contribution in [2.24, 2.45) is 17.8 Å². The molecule has 1 aliphatic carbocycles. The second kappa shape index (κ2) is 10.3. The molecule has 2 aromatic rings. The molecular weight excluding hydrogens is 486 g/mol. The molecule has 5 atom stereocenters. The van der Waals surface area contributed by atoms with E-state index in [1.54, 1.807) is 33.0 Å². The summed E-state index contributed by atoms with van der Waals surface area (Å²) in [6.07, 6.45) is 7.26. The maximum atomic E-state index is 13.5. The maximum Gasteiger partial charge on any atom is 0.424 e. The first-order chi connectivity index (χ1) is 17.5. The normalized spacial score (nSPS) is 27.0. The van der Waals surface area contributed by atoms with E-state index in [0.717, 1.165) is 34.0 Å². The van der Waals surface area contributed by atoms with Crippen LogP contribution in [0.15, 0.2) is 48.7 Å². The van der Waals surface area contributed by atoms with E-state index in [4.69, 9.17) is 4.74 Å². The van der Waals surface area contributed by atoms with E-state index >= 15 is 0 Å². The van der Waals surface area contributed by atoms with E-state index in [2.05, 4.69) is 24.1 Å². The Morgan fingerprint density at radius 1 is 1.22 bits per heavy atom. The number of nitriles is 1. The zero-order valence-electron chi connectivity index (χ0n) is 22.1. The second-order valence-electron chi connectivity index (χ2n) is 11.0. The van der Waals surface area contributed by atoms with Crippen LogP contribution in [0.2, 0.25) is 0 Å². The van der Waals surface area contributed by atoms with Gasteiger partial charge in [0.25, 0.3) is 0 Å². The standard InChI is InChI=1S/C29H35N3O4S/c1-6-20-12-16-26-27(19(2)32(37(26,34)35)28(33)36-29(3,4)5)25(20)15-14-23-13-11-22(18-31-23)24-10-8-7-9-21(24)17-30/h7-11,13-15,18-20,25-27H,6,12,16H2,1-5H3/b15-14+/t19-,20-,25+,26-,27+/m1/s1. The Morgan fingerprint density at radius 3 is 2.57 bits per heavy atom. The van der Waals surface area contributed by atoms with Gasteiger partial charge in [-0.2, -0.15) is 5.26 Å². The predicted octanol–water partition coefficient (Wildman–Crippen LogP) is 6.02. The van der Waals surface area contributed by atoms with Crippen molar-refractivity contribution in [1.29, 1.82) is 5.26 Å². The van der Waals surface area contributed by atoms with E-state index in [1.165, 1.54) is 0 Å². The molecule has 1 saturated heterocycles. The SMILES string of the molecule is CC[C@@H]1CC[C@@H]2[C@H]([C@H]1/C=C/c1ccc(-c3ccccc3C#N)cn1)[C@@H](C)N(C(=O)OC(C)(C)C)S2(=O)=O. The quantitative estimate of drug-likeness (QED) is 0.487. The van der Waals surface area contributed by atoms with Crippen LogP contribution in [-0.2, 0) is 14.8 Å². The van der Waals surface area contributed by atoms with Gasteiger partial charge in [0, 0.05) is 23.2 Å². The summed E-state index contributed by atoms with van der Waals surface area (Å²) in [6, 6.07) is 13.0. The highest BCUT2D eigenvalue weighted by molar-refractivity contribution is 7.90. The van der Waals surface area contributed by atoms with Gasteiger partial charge in [-0.25, -0.2) is 17.5 Å². The molecule has 1 aliphatic heterocycles. The molecule has 37 heavy (non-hydrogen) atoms. The number of pyridine rings is 1. The number of amides is 1. The number of nitrogens with zero attached hydrogens (tertiary/aromatic N) is 3. The molecule has 0 bridgehead atoms. The van der Waals surface area contributed by atoms with Crippen LogP contribution < -0.4 is 0 Å². The van der Waals surface area contributed by atoms with Crippen molar-refractivity contribution in [2.45, 2.75) is 70.8 Å². The minimum Gasteiger partial charge on any atom is -0.443 e. The van der Waals surface area contributed by atoms with Crippen LogP contribution in [0.3, 0.4) is 0 Å². The summed E-state index contributed by atoms with van der Waals surface area (Å²) in [7, 11) is -3.82. The van der Waals surface area contributed by atoms with Gasteiger partial charge in [-0.05, 0) is 70.6 Å². The Bertz CT molecular complexity index is 1320. The Hall–Kier alpha value is -3.18. The van der Waals surface area contributed by atoms with Crippen molar-refractivity contribution in [2.75, 3.05) is 0 Å². The minimum absolute atomic E-state index is 0.0123. The number of fused-ring (bicyclic) bond motifs is 1. The number of sulfonamides is 1. The van der Waals surface area contributed by atoms with Crippen molar-refractivity contribution in [3.63, 3.8) is 0 Å². The zero-order chi connectivity index (χ0) is 27.0. The van der Waals surface area contributed by atoms with Crippen molar-refractivity contribution in [3.05, 3.63) is 59.9 Å². The molecular formula is C29H35N3O4S. The van der Waals surface area contributed by atoms with Crippen molar-refractivity contribution < 1.29 is 17.9 Å². The summed E-state index contributed by atoms with van der Waals surface area (Å²) in [5.74, 6) is 0.0894. The summed E-state index contributed by atoms with van der Waals surface area (Å²) in [5.41, 5.74) is 2.27. The van der Waals surface area contributed by atoms with E-state index in [-0.39, 0.29) is 11.8 Å². The lowest BCUT2D eigenvalue weighted by molar-refractivity contribution is 0.0312. The first-order valence-corrected chi connectivity index (χ1v) is 14.4. The lowest BCUT2D eigenvalue weighted by Crippen LogP contribution is -2.43. The van der Waals surface area contributed by atoms with Gasteiger partial charge in [0.15, 0.2) is 0 Å². The van der Waals surface area contributed by atoms with Gasteiger partial charge < -0.3 is 4.74 Å². The third-order valence-electron chi connectivity index (χ3n) is 7.56. The number of hydrogen-bond acceptors (Lipinski definition) is 6. The molecule has 2 heterocycles.